The zero-order valence-corrected chi connectivity index (χ0v) is 11.4. The van der Waals surface area contributed by atoms with Gasteiger partial charge in [0.05, 0.1) is 0 Å². The fraction of sp³-hybridized carbons (Fsp3) is 0.929. The van der Waals surface area contributed by atoms with E-state index in [9.17, 15) is 0 Å². The van der Waals surface area contributed by atoms with Crippen molar-refractivity contribution < 1.29 is 0 Å². The normalized spacial score (nSPS) is 42.8. The molecule has 1 heterocycles. The Bertz CT molecular complexity index is 313. The van der Waals surface area contributed by atoms with Crippen molar-refractivity contribution >= 4 is 5.71 Å². The Balaban J connectivity index is 1.57. The zero-order chi connectivity index (χ0) is 12.4. The second-order valence-electron chi connectivity index (χ2n) is 6.37. The molecule has 0 radical (unpaired) electrons. The number of hydrazine groups is 1. The van der Waals surface area contributed by atoms with E-state index in [-0.39, 0.29) is 0 Å². The summed E-state index contributed by atoms with van der Waals surface area (Å²) >= 11 is 0. The molecule has 1 saturated heterocycles. The molecule has 4 nitrogen and oxygen atoms in total. The molecule has 2 aliphatic carbocycles. The van der Waals surface area contributed by atoms with Crippen molar-refractivity contribution in [1.82, 2.24) is 16.3 Å². The second-order valence-corrected chi connectivity index (χ2v) is 6.37. The number of hydrogen-bond acceptors (Lipinski definition) is 4. The van der Waals surface area contributed by atoms with Crippen LogP contribution in [0.2, 0.25) is 0 Å². The van der Waals surface area contributed by atoms with Gasteiger partial charge in [-0.25, -0.2) is 5.43 Å². The van der Waals surface area contributed by atoms with Crippen LogP contribution in [0.4, 0.5) is 0 Å². The number of rotatable bonds is 2. The van der Waals surface area contributed by atoms with Gasteiger partial charge in [-0.2, -0.15) is 5.10 Å². The maximum absolute atomic E-state index is 4.65. The van der Waals surface area contributed by atoms with Crippen LogP contribution in [0.1, 0.15) is 51.9 Å². The Morgan fingerprint density at radius 1 is 1.22 bits per heavy atom. The van der Waals surface area contributed by atoms with Gasteiger partial charge in [-0.1, -0.05) is 19.8 Å². The van der Waals surface area contributed by atoms with Crippen LogP contribution in [-0.2, 0) is 0 Å². The average Bonchev–Trinajstić information content (AvgIpc) is 2.82. The van der Waals surface area contributed by atoms with Crippen LogP contribution < -0.4 is 16.3 Å². The third-order valence-electron chi connectivity index (χ3n) is 4.89. The molecule has 3 rings (SSSR count). The summed E-state index contributed by atoms with van der Waals surface area (Å²) in [7, 11) is 0. The molecule has 0 bridgehead atoms. The molecule has 2 saturated carbocycles. The van der Waals surface area contributed by atoms with Gasteiger partial charge in [0.2, 0.25) is 0 Å². The Hall–Kier alpha value is -0.610. The smallest absolute Gasteiger partial charge is 0.109 e. The maximum Gasteiger partial charge on any atom is 0.109 e. The van der Waals surface area contributed by atoms with Crippen molar-refractivity contribution in [1.29, 1.82) is 0 Å². The largest absolute Gasteiger partial charge is 0.291 e. The van der Waals surface area contributed by atoms with Gasteiger partial charge in [-0.15, -0.1) is 0 Å². The van der Waals surface area contributed by atoms with Crippen LogP contribution in [0, 0.1) is 17.8 Å². The molecule has 18 heavy (non-hydrogen) atoms. The molecular weight excluding hydrogens is 224 g/mol. The first kappa shape index (κ1) is 12.4. The van der Waals surface area contributed by atoms with Crippen LogP contribution in [0.3, 0.4) is 0 Å². The van der Waals surface area contributed by atoms with Gasteiger partial charge in [0.1, 0.15) is 6.17 Å². The Labute approximate surface area is 110 Å². The lowest BCUT2D eigenvalue weighted by molar-refractivity contribution is 0.0995. The number of nitrogens with one attached hydrogen (secondary N) is 3. The van der Waals surface area contributed by atoms with Crippen molar-refractivity contribution in [3.63, 3.8) is 0 Å². The van der Waals surface area contributed by atoms with Gasteiger partial charge in [-0.3, -0.25) is 10.9 Å². The fourth-order valence-electron chi connectivity index (χ4n) is 3.75. The maximum atomic E-state index is 4.65. The quantitative estimate of drug-likeness (QED) is 0.657. The molecule has 3 aliphatic rings. The first-order valence-electron chi connectivity index (χ1n) is 7.62. The molecule has 102 valence electrons. The Kier molecular flexibility index (Phi) is 3.85. The number of hydrazone groups is 1. The van der Waals surface area contributed by atoms with Gasteiger partial charge in [0, 0.05) is 12.3 Å². The van der Waals surface area contributed by atoms with E-state index in [1.807, 2.05) is 0 Å². The minimum absolute atomic E-state index is 0.326. The van der Waals surface area contributed by atoms with E-state index >= 15 is 0 Å². The minimum Gasteiger partial charge on any atom is -0.291 e. The van der Waals surface area contributed by atoms with E-state index in [0.29, 0.717) is 6.17 Å². The third kappa shape index (κ3) is 2.69. The SMILES string of the molecule is CC1CC/C(=N\NC2NNCC3CCCCC32)C1. The average molecular weight is 250 g/mol. The molecule has 0 spiro atoms. The highest BCUT2D eigenvalue weighted by Gasteiger charge is 2.34. The fourth-order valence-corrected chi connectivity index (χ4v) is 3.75. The summed E-state index contributed by atoms with van der Waals surface area (Å²) in [6, 6.07) is 0. The van der Waals surface area contributed by atoms with Gasteiger partial charge in [0.25, 0.3) is 0 Å². The molecule has 0 aromatic rings. The molecule has 4 atom stereocenters. The molecule has 3 N–H and O–H groups in total. The molecular formula is C14H26N4. The summed E-state index contributed by atoms with van der Waals surface area (Å²) in [4.78, 5) is 0. The summed E-state index contributed by atoms with van der Waals surface area (Å²) in [5, 5.41) is 4.65. The van der Waals surface area contributed by atoms with Crippen LogP contribution in [0.25, 0.3) is 0 Å². The Morgan fingerprint density at radius 3 is 2.94 bits per heavy atom. The molecule has 0 aromatic heterocycles. The number of fused-ring (bicyclic) bond motifs is 1. The highest BCUT2D eigenvalue weighted by molar-refractivity contribution is 5.86. The van der Waals surface area contributed by atoms with E-state index in [2.05, 4.69) is 28.3 Å². The van der Waals surface area contributed by atoms with Gasteiger partial charge < -0.3 is 0 Å². The van der Waals surface area contributed by atoms with E-state index in [1.54, 1.807) is 0 Å². The monoisotopic (exact) mass is 250 g/mol. The summed E-state index contributed by atoms with van der Waals surface area (Å²) in [5.41, 5.74) is 11.5. The second kappa shape index (κ2) is 5.57. The predicted octanol–water partition coefficient (Wildman–Crippen LogP) is 1.99. The summed E-state index contributed by atoms with van der Waals surface area (Å²) in [6.45, 7) is 3.44. The van der Waals surface area contributed by atoms with Crippen LogP contribution >= 0.6 is 0 Å². The number of nitrogens with zero attached hydrogens (tertiary/aromatic N) is 1. The topological polar surface area (TPSA) is 48.5 Å². The highest BCUT2D eigenvalue weighted by Crippen LogP contribution is 2.32. The van der Waals surface area contributed by atoms with Crippen molar-refractivity contribution in [2.24, 2.45) is 22.9 Å². The lowest BCUT2D eigenvalue weighted by Crippen LogP contribution is -2.61. The van der Waals surface area contributed by atoms with E-state index in [0.717, 1.165) is 24.3 Å². The Morgan fingerprint density at radius 2 is 2.11 bits per heavy atom. The minimum atomic E-state index is 0.326. The van der Waals surface area contributed by atoms with Crippen LogP contribution in [-0.4, -0.2) is 18.4 Å². The van der Waals surface area contributed by atoms with Crippen LogP contribution in [0.15, 0.2) is 5.10 Å². The van der Waals surface area contributed by atoms with E-state index in [4.69, 9.17) is 0 Å². The van der Waals surface area contributed by atoms with Crippen LogP contribution in [0.5, 0.6) is 0 Å². The highest BCUT2D eigenvalue weighted by atomic mass is 15.5. The molecule has 3 fully saturated rings. The third-order valence-corrected chi connectivity index (χ3v) is 4.89. The molecule has 4 unspecified atom stereocenters. The first-order valence-corrected chi connectivity index (χ1v) is 7.62. The zero-order valence-electron chi connectivity index (χ0n) is 11.4. The molecule has 1 aliphatic heterocycles. The van der Waals surface area contributed by atoms with E-state index in [1.165, 1.54) is 50.7 Å². The molecule has 0 amide bonds. The summed E-state index contributed by atoms with van der Waals surface area (Å²) < 4.78 is 0. The molecule has 4 heteroatoms. The lowest BCUT2D eigenvalue weighted by atomic mass is 9.77. The van der Waals surface area contributed by atoms with Crippen molar-refractivity contribution in [2.45, 2.75) is 58.0 Å². The van der Waals surface area contributed by atoms with Crippen molar-refractivity contribution in [3.8, 4) is 0 Å². The standard InChI is InChI=1S/C14H26N4/c1-10-6-7-12(8-10)16-18-14-13-5-3-2-4-11(13)9-15-17-14/h10-11,13-15,17-18H,2-9H2,1H3/b16-12+. The molecule has 0 aromatic carbocycles. The van der Waals surface area contributed by atoms with Crippen molar-refractivity contribution in [3.05, 3.63) is 0 Å². The van der Waals surface area contributed by atoms with Crippen molar-refractivity contribution in [2.75, 3.05) is 6.54 Å². The summed E-state index contributed by atoms with van der Waals surface area (Å²) in [6.07, 6.45) is 9.51. The van der Waals surface area contributed by atoms with E-state index < -0.39 is 0 Å². The van der Waals surface area contributed by atoms with Gasteiger partial charge >= 0.3 is 0 Å². The first-order chi connectivity index (χ1) is 8.83. The van der Waals surface area contributed by atoms with Gasteiger partial charge in [0.15, 0.2) is 0 Å². The van der Waals surface area contributed by atoms with Gasteiger partial charge in [-0.05, 0) is 49.9 Å². The lowest BCUT2D eigenvalue weighted by Gasteiger charge is -2.41. The number of hydrogen-bond donors (Lipinski definition) is 3. The summed E-state index contributed by atoms with van der Waals surface area (Å²) in [5.74, 6) is 2.41. The predicted molar refractivity (Wildman–Crippen MR) is 74.0 cm³/mol.